The van der Waals surface area contributed by atoms with Crippen molar-refractivity contribution in [3.05, 3.63) is 16.7 Å². The van der Waals surface area contributed by atoms with Crippen molar-refractivity contribution in [1.29, 1.82) is 0 Å². The molecule has 0 aliphatic carbocycles. The van der Waals surface area contributed by atoms with Gasteiger partial charge in [0.25, 0.3) is 5.56 Å². The number of H-pyrrole nitrogens is 1. The summed E-state index contributed by atoms with van der Waals surface area (Å²) in [6, 6.07) is 0. The normalized spacial score (nSPS) is 25.9. The summed E-state index contributed by atoms with van der Waals surface area (Å²) in [5, 5.41) is 2.86. The van der Waals surface area contributed by atoms with Crippen LogP contribution < -0.4 is 10.9 Å². The largest absolute Gasteiger partial charge is 0.407 e. The molecule has 2 fully saturated rings. The Morgan fingerprint density at radius 2 is 1.77 bits per heavy atom. The van der Waals surface area contributed by atoms with Gasteiger partial charge in [-0.3, -0.25) is 14.3 Å². The molecular formula is C28H51N5O5Si2. The molecule has 10 nitrogen and oxygen atoms in total. The van der Waals surface area contributed by atoms with Gasteiger partial charge in [-0.2, -0.15) is 4.98 Å². The van der Waals surface area contributed by atoms with E-state index in [0.717, 1.165) is 0 Å². The van der Waals surface area contributed by atoms with Crippen molar-refractivity contribution in [2.75, 3.05) is 18.5 Å². The topological polar surface area (TPSA) is 113 Å². The smallest absolute Gasteiger partial charge is 0.349 e. The Labute approximate surface area is 241 Å². The van der Waals surface area contributed by atoms with Crippen LogP contribution in [0.2, 0.25) is 28.2 Å². The molecule has 0 spiro atoms. The molecule has 0 aromatic carbocycles. The lowest BCUT2D eigenvalue weighted by Gasteiger charge is -2.54. The van der Waals surface area contributed by atoms with Gasteiger partial charge in [0.2, 0.25) is 5.95 Å². The first-order valence-electron chi connectivity index (χ1n) is 14.5. The number of aromatic nitrogens is 4. The summed E-state index contributed by atoms with van der Waals surface area (Å²) in [4.78, 5) is 25.0. The van der Waals surface area contributed by atoms with Crippen molar-refractivity contribution < 1.29 is 18.0 Å². The molecule has 0 saturated carbocycles. The predicted octanol–water partition coefficient (Wildman–Crippen LogP) is 5.93. The van der Waals surface area contributed by atoms with Gasteiger partial charge < -0.3 is 23.3 Å². The molecule has 12 heteroatoms. The van der Waals surface area contributed by atoms with E-state index >= 15 is 0 Å². The molecule has 2 aliphatic heterocycles. The minimum atomic E-state index is -2.79. The van der Waals surface area contributed by atoms with E-state index in [1.165, 1.54) is 0 Å². The fourth-order valence-electron chi connectivity index (χ4n) is 5.68. The van der Waals surface area contributed by atoms with Crippen LogP contribution >= 0.6 is 0 Å². The number of imidazole rings is 1. The van der Waals surface area contributed by atoms with E-state index in [1.54, 1.807) is 6.33 Å². The van der Waals surface area contributed by atoms with Crippen molar-refractivity contribution in [2.24, 2.45) is 5.92 Å². The Kier molecular flexibility index (Phi) is 8.08. The lowest BCUT2D eigenvalue weighted by Crippen LogP contribution is -2.66. The molecule has 2 saturated heterocycles. The third-order valence-electron chi connectivity index (χ3n) is 8.63. The number of hydrogen-bond acceptors (Lipinski definition) is 8. The summed E-state index contributed by atoms with van der Waals surface area (Å²) >= 11 is 0. The monoisotopic (exact) mass is 593 g/mol. The van der Waals surface area contributed by atoms with Gasteiger partial charge in [-0.25, -0.2) is 4.98 Å². The van der Waals surface area contributed by atoms with E-state index < -0.39 is 29.2 Å². The quantitative estimate of drug-likeness (QED) is 0.396. The maximum absolute atomic E-state index is 13.0. The van der Waals surface area contributed by atoms with Gasteiger partial charge in [-0.1, -0.05) is 76.2 Å². The van der Waals surface area contributed by atoms with Crippen LogP contribution in [-0.2, 0) is 18.0 Å². The maximum Gasteiger partial charge on any atom is 0.349 e. The second-order valence-corrected chi connectivity index (χ2v) is 24.9. The Hall–Kier alpha value is -1.58. The molecule has 4 rings (SSSR count). The van der Waals surface area contributed by atoms with Crippen LogP contribution in [0.3, 0.4) is 0 Å². The zero-order valence-electron chi connectivity index (χ0n) is 26.8. The number of rotatable bonds is 6. The molecule has 0 radical (unpaired) electrons. The number of anilines is 1. The van der Waals surface area contributed by atoms with Gasteiger partial charge in [0.05, 0.1) is 12.9 Å². The molecule has 226 valence electrons. The average Bonchev–Trinajstić information content (AvgIpc) is 3.36. The summed E-state index contributed by atoms with van der Waals surface area (Å²) in [5.74, 6) is 0.804. The summed E-state index contributed by atoms with van der Waals surface area (Å²) in [5.41, 5.74) is 0.433. The van der Waals surface area contributed by atoms with Gasteiger partial charge in [0.1, 0.15) is 18.3 Å². The summed E-state index contributed by atoms with van der Waals surface area (Å²) < 4.78 is 29.7. The SMILES string of the molecule is CC(C)CNc1nc2c(ncn2[C@@H]2O[C@@H]3CO[Si](C(C)(C)C)(C(C)(C)C)O[C@H]3[C@H]2O[Si](C)(C)C(C)(C)C)c(=O)[nH]1. The van der Waals surface area contributed by atoms with E-state index in [9.17, 15) is 4.79 Å². The molecule has 4 heterocycles. The number of ether oxygens (including phenoxy) is 1. The molecule has 40 heavy (non-hydrogen) atoms. The molecule has 2 aliphatic rings. The van der Waals surface area contributed by atoms with Crippen LogP contribution in [0.1, 0.15) is 82.4 Å². The van der Waals surface area contributed by atoms with E-state index in [2.05, 4.69) is 105 Å². The number of aromatic amines is 1. The summed E-state index contributed by atoms with van der Waals surface area (Å²) in [6.07, 6.45) is 0.00744. The second kappa shape index (κ2) is 10.3. The first-order valence-corrected chi connectivity index (χ1v) is 19.3. The maximum atomic E-state index is 13.0. The molecule has 4 atom stereocenters. The first-order chi connectivity index (χ1) is 18.2. The van der Waals surface area contributed by atoms with Crippen LogP contribution in [-0.4, -0.2) is 67.9 Å². The van der Waals surface area contributed by atoms with E-state index in [4.69, 9.17) is 23.0 Å². The Morgan fingerprint density at radius 1 is 1.15 bits per heavy atom. The van der Waals surface area contributed by atoms with E-state index in [0.29, 0.717) is 30.7 Å². The van der Waals surface area contributed by atoms with Crippen LogP contribution in [0.5, 0.6) is 0 Å². The number of nitrogens with one attached hydrogen (secondary N) is 2. The van der Waals surface area contributed by atoms with Crippen molar-refractivity contribution in [1.82, 2.24) is 19.5 Å². The van der Waals surface area contributed by atoms with E-state index in [1.807, 2.05) is 4.57 Å². The third-order valence-corrected chi connectivity index (χ3v) is 18.2. The summed E-state index contributed by atoms with van der Waals surface area (Å²) in [6.45, 7) is 29.8. The average molecular weight is 594 g/mol. The van der Waals surface area contributed by atoms with Crippen molar-refractivity contribution in [3.63, 3.8) is 0 Å². The minimum Gasteiger partial charge on any atom is -0.407 e. The Morgan fingerprint density at radius 3 is 2.33 bits per heavy atom. The lowest BCUT2D eigenvalue weighted by molar-refractivity contribution is -0.0795. The van der Waals surface area contributed by atoms with Gasteiger partial charge in [-0.15, -0.1) is 0 Å². The number of fused-ring (bicyclic) bond motifs is 2. The Balaban J connectivity index is 1.82. The van der Waals surface area contributed by atoms with Crippen molar-refractivity contribution in [2.45, 2.75) is 129 Å². The molecule has 0 unspecified atom stereocenters. The molecule has 2 aromatic rings. The molecule has 0 amide bonds. The fourth-order valence-corrected chi connectivity index (χ4v) is 11.9. The van der Waals surface area contributed by atoms with Crippen LogP contribution in [0.15, 0.2) is 11.1 Å². The van der Waals surface area contributed by atoms with Gasteiger partial charge >= 0.3 is 8.56 Å². The van der Waals surface area contributed by atoms with Crippen molar-refractivity contribution >= 4 is 34.0 Å². The standard InChI is InChI=1S/C28H51N5O5Si2/c1-17(2)14-29-25-31-22-19(23(34)32-25)30-16-33(22)24-21(37-39(12,13)26(3,4)5)20-18(36-24)15-35-40(38-20,27(6,7)8)28(9,10)11/h16-18,20-21,24H,14-15H2,1-13H3,(H2,29,31,32,34)/t18-,20-,21-,24-/m1/s1. The highest BCUT2D eigenvalue weighted by molar-refractivity contribution is 6.74. The zero-order chi connectivity index (χ0) is 30.1. The zero-order valence-corrected chi connectivity index (χ0v) is 28.8. The molecular weight excluding hydrogens is 543 g/mol. The molecule has 2 N–H and O–H groups in total. The van der Waals surface area contributed by atoms with Gasteiger partial charge in [-0.05, 0) is 24.1 Å². The second-order valence-electron chi connectivity index (χ2n) is 15.4. The van der Waals surface area contributed by atoms with Crippen LogP contribution in [0, 0.1) is 5.92 Å². The number of hydrogen-bond donors (Lipinski definition) is 2. The molecule has 0 bridgehead atoms. The molecule has 2 aromatic heterocycles. The van der Waals surface area contributed by atoms with Crippen molar-refractivity contribution in [3.8, 4) is 0 Å². The van der Waals surface area contributed by atoms with Gasteiger partial charge in [0.15, 0.2) is 25.7 Å². The predicted molar refractivity (Wildman–Crippen MR) is 163 cm³/mol. The minimum absolute atomic E-state index is 0.0241. The van der Waals surface area contributed by atoms with Crippen LogP contribution in [0.4, 0.5) is 5.95 Å². The third kappa shape index (κ3) is 5.47. The van der Waals surface area contributed by atoms with E-state index in [-0.39, 0.29) is 38.4 Å². The number of nitrogens with zero attached hydrogens (tertiary/aromatic N) is 3. The highest BCUT2D eigenvalue weighted by atomic mass is 28.4. The lowest BCUT2D eigenvalue weighted by atomic mass is 10.1. The summed E-state index contributed by atoms with van der Waals surface area (Å²) in [7, 11) is -5.07. The van der Waals surface area contributed by atoms with Crippen LogP contribution in [0.25, 0.3) is 11.2 Å². The highest BCUT2D eigenvalue weighted by Crippen LogP contribution is 2.56. The fraction of sp³-hybridized carbons (Fsp3) is 0.821. The Bertz CT molecular complexity index is 1260. The van der Waals surface area contributed by atoms with Gasteiger partial charge in [0, 0.05) is 16.6 Å². The first kappa shape index (κ1) is 31.4. The highest BCUT2D eigenvalue weighted by Gasteiger charge is 2.66.